The Morgan fingerprint density at radius 2 is 2.14 bits per heavy atom. The first kappa shape index (κ1) is 20.3. The lowest BCUT2D eigenvalue weighted by Crippen LogP contribution is -2.37. The van der Waals surface area contributed by atoms with E-state index in [0.717, 1.165) is 36.7 Å². The normalized spacial score (nSPS) is 22.6. The number of nitrogens with zero attached hydrogens (tertiary/aromatic N) is 4. The number of anilines is 1. The predicted octanol–water partition coefficient (Wildman–Crippen LogP) is 2.59. The molecular weight excluding hydrogens is 374 g/mol. The molecule has 0 saturated carbocycles. The van der Waals surface area contributed by atoms with Gasteiger partial charge in [-0.15, -0.1) is 11.8 Å². The van der Waals surface area contributed by atoms with E-state index < -0.39 is 0 Å². The number of ether oxygens (including phenoxy) is 1. The third kappa shape index (κ3) is 4.88. The van der Waals surface area contributed by atoms with Crippen molar-refractivity contribution >= 4 is 29.0 Å². The number of nitrogens with one attached hydrogen (secondary N) is 1. The fourth-order valence-electron chi connectivity index (χ4n) is 2.85. The van der Waals surface area contributed by atoms with Crippen molar-refractivity contribution in [3.8, 4) is 0 Å². The maximum absolute atomic E-state index is 12.5. The molecular formula is C20H25N5O2S. The van der Waals surface area contributed by atoms with Crippen molar-refractivity contribution in [2.75, 3.05) is 37.0 Å². The van der Waals surface area contributed by atoms with Crippen LogP contribution in [0.4, 0.5) is 5.82 Å². The molecule has 1 fully saturated rings. The Hall–Kier alpha value is -2.45. The summed E-state index contributed by atoms with van der Waals surface area (Å²) in [6.07, 6.45) is 7.40. The first-order valence-electron chi connectivity index (χ1n) is 9.17. The van der Waals surface area contributed by atoms with E-state index >= 15 is 0 Å². The SMILES string of the molecule is C=C/C(=C\C(=C)C1(C)CCSC=N1)NC(=O)c1cnc(N2CCOCC2)cn1. The van der Waals surface area contributed by atoms with Gasteiger partial charge in [0.1, 0.15) is 11.5 Å². The number of thioether (sulfide) groups is 1. The van der Waals surface area contributed by atoms with Crippen molar-refractivity contribution in [3.63, 3.8) is 0 Å². The van der Waals surface area contributed by atoms with Crippen LogP contribution in [-0.4, -0.2) is 59.0 Å². The Kier molecular flexibility index (Phi) is 6.64. The van der Waals surface area contributed by atoms with Crippen LogP contribution in [0.5, 0.6) is 0 Å². The van der Waals surface area contributed by atoms with Crippen LogP contribution >= 0.6 is 11.8 Å². The van der Waals surface area contributed by atoms with Crippen LogP contribution in [0.25, 0.3) is 0 Å². The molecule has 2 aliphatic rings. The van der Waals surface area contributed by atoms with Crippen molar-refractivity contribution in [2.45, 2.75) is 18.9 Å². The van der Waals surface area contributed by atoms with Gasteiger partial charge >= 0.3 is 0 Å². The largest absolute Gasteiger partial charge is 0.378 e. The standard InChI is InChI=1S/C20H25N5O2S/c1-4-16(11-15(2)20(3)5-10-28-14-23-20)24-19(26)17-12-22-18(13-21-17)25-6-8-27-9-7-25/h4,11-14H,1-2,5-10H2,3H3,(H,24,26)/b16-11+. The van der Waals surface area contributed by atoms with E-state index in [1.807, 2.05) is 18.5 Å². The second-order valence-corrected chi connectivity index (χ2v) is 7.72. The van der Waals surface area contributed by atoms with Gasteiger partial charge in [-0.1, -0.05) is 13.2 Å². The minimum Gasteiger partial charge on any atom is -0.378 e. The number of amides is 1. The summed E-state index contributed by atoms with van der Waals surface area (Å²) in [7, 11) is 0. The molecule has 3 rings (SSSR count). The minimum absolute atomic E-state index is 0.244. The number of allylic oxidation sites excluding steroid dienone is 1. The van der Waals surface area contributed by atoms with Gasteiger partial charge in [0.2, 0.25) is 0 Å². The van der Waals surface area contributed by atoms with Gasteiger partial charge in [0.05, 0.1) is 36.7 Å². The Labute approximate surface area is 169 Å². The maximum Gasteiger partial charge on any atom is 0.275 e. The lowest BCUT2D eigenvalue weighted by atomic mass is 9.90. The number of carbonyl (C=O) groups excluding carboxylic acids is 1. The number of hydrogen-bond donors (Lipinski definition) is 1. The second-order valence-electron chi connectivity index (χ2n) is 6.77. The average Bonchev–Trinajstić information content (AvgIpc) is 2.74. The van der Waals surface area contributed by atoms with E-state index in [0.29, 0.717) is 18.9 Å². The Morgan fingerprint density at radius 1 is 1.36 bits per heavy atom. The number of morpholine rings is 1. The zero-order valence-electron chi connectivity index (χ0n) is 16.1. The van der Waals surface area contributed by atoms with Gasteiger partial charge in [0.25, 0.3) is 5.91 Å². The molecule has 3 heterocycles. The zero-order chi connectivity index (χ0) is 20.0. The molecule has 8 heteroatoms. The van der Waals surface area contributed by atoms with Crippen LogP contribution in [0.1, 0.15) is 23.8 Å². The molecule has 1 atom stereocenters. The number of aromatic nitrogens is 2. The molecule has 0 bridgehead atoms. The molecule has 1 aromatic rings. The summed E-state index contributed by atoms with van der Waals surface area (Å²) in [6.45, 7) is 12.8. The number of carbonyl (C=O) groups is 1. The molecule has 0 radical (unpaired) electrons. The summed E-state index contributed by atoms with van der Waals surface area (Å²) in [6, 6.07) is 0. The number of rotatable bonds is 6. The first-order valence-corrected chi connectivity index (χ1v) is 10.2. The second kappa shape index (κ2) is 9.16. The van der Waals surface area contributed by atoms with Crippen LogP contribution < -0.4 is 10.2 Å². The lowest BCUT2D eigenvalue weighted by Gasteiger charge is -2.28. The summed E-state index contributed by atoms with van der Waals surface area (Å²) in [4.78, 5) is 27.8. The summed E-state index contributed by atoms with van der Waals surface area (Å²) < 4.78 is 5.34. The van der Waals surface area contributed by atoms with Gasteiger partial charge in [-0.05, 0) is 31.1 Å². The molecule has 1 saturated heterocycles. The van der Waals surface area contributed by atoms with Gasteiger partial charge in [0.15, 0.2) is 0 Å². The van der Waals surface area contributed by atoms with Crippen LogP contribution in [0, 0.1) is 0 Å². The first-order chi connectivity index (χ1) is 13.5. The molecule has 7 nitrogen and oxygen atoms in total. The molecule has 2 aliphatic heterocycles. The molecule has 0 spiro atoms. The van der Waals surface area contributed by atoms with Crippen LogP contribution in [0.3, 0.4) is 0 Å². The third-order valence-electron chi connectivity index (χ3n) is 4.82. The van der Waals surface area contributed by atoms with Crippen molar-refractivity contribution in [1.82, 2.24) is 15.3 Å². The van der Waals surface area contributed by atoms with Gasteiger partial charge in [0, 0.05) is 24.5 Å². The molecule has 148 valence electrons. The van der Waals surface area contributed by atoms with Crippen molar-refractivity contribution in [2.24, 2.45) is 4.99 Å². The monoisotopic (exact) mass is 399 g/mol. The predicted molar refractivity (Wildman–Crippen MR) is 114 cm³/mol. The lowest BCUT2D eigenvalue weighted by molar-refractivity contribution is 0.0961. The van der Waals surface area contributed by atoms with Crippen molar-refractivity contribution in [1.29, 1.82) is 0 Å². The fourth-order valence-corrected chi connectivity index (χ4v) is 3.78. The Balaban J connectivity index is 1.66. The van der Waals surface area contributed by atoms with Crippen LogP contribution in [0.2, 0.25) is 0 Å². The quantitative estimate of drug-likeness (QED) is 0.741. The van der Waals surface area contributed by atoms with Gasteiger partial charge in [-0.2, -0.15) is 0 Å². The fraction of sp³-hybridized carbons (Fsp3) is 0.400. The molecule has 1 unspecified atom stereocenters. The van der Waals surface area contributed by atoms with E-state index in [1.54, 1.807) is 24.0 Å². The van der Waals surface area contributed by atoms with E-state index in [2.05, 4.69) is 38.3 Å². The summed E-state index contributed by atoms with van der Waals surface area (Å²) in [5.41, 5.74) is 3.13. The van der Waals surface area contributed by atoms with Crippen LogP contribution in [0.15, 0.2) is 54.0 Å². The number of hydrogen-bond acceptors (Lipinski definition) is 7. The summed E-state index contributed by atoms with van der Waals surface area (Å²) in [5.74, 6) is 1.40. The summed E-state index contributed by atoms with van der Waals surface area (Å²) >= 11 is 1.69. The number of aliphatic imine (C=N–C) groups is 1. The summed E-state index contributed by atoms with van der Waals surface area (Å²) in [5, 5.41) is 2.82. The zero-order valence-corrected chi connectivity index (χ0v) is 16.9. The molecule has 1 aromatic heterocycles. The molecule has 0 aliphatic carbocycles. The van der Waals surface area contributed by atoms with Gasteiger partial charge in [-0.3, -0.25) is 9.79 Å². The van der Waals surface area contributed by atoms with Crippen LogP contribution in [-0.2, 0) is 4.74 Å². The highest BCUT2D eigenvalue weighted by molar-refractivity contribution is 8.12. The van der Waals surface area contributed by atoms with E-state index in [-0.39, 0.29) is 17.1 Å². The van der Waals surface area contributed by atoms with E-state index in [1.165, 1.54) is 6.20 Å². The minimum atomic E-state index is -0.357. The highest BCUT2D eigenvalue weighted by Gasteiger charge is 2.27. The molecule has 1 amide bonds. The highest BCUT2D eigenvalue weighted by Crippen LogP contribution is 2.30. The van der Waals surface area contributed by atoms with Gasteiger partial charge < -0.3 is 15.0 Å². The van der Waals surface area contributed by atoms with E-state index in [4.69, 9.17) is 4.74 Å². The average molecular weight is 400 g/mol. The van der Waals surface area contributed by atoms with Crippen molar-refractivity contribution < 1.29 is 9.53 Å². The smallest absolute Gasteiger partial charge is 0.275 e. The maximum atomic E-state index is 12.5. The van der Waals surface area contributed by atoms with Crippen molar-refractivity contribution in [3.05, 3.63) is 54.7 Å². The van der Waals surface area contributed by atoms with Gasteiger partial charge in [-0.25, -0.2) is 9.97 Å². The third-order valence-corrected chi connectivity index (χ3v) is 5.52. The van der Waals surface area contributed by atoms with E-state index in [9.17, 15) is 4.79 Å². The topological polar surface area (TPSA) is 79.7 Å². The molecule has 0 aromatic carbocycles. The highest BCUT2D eigenvalue weighted by atomic mass is 32.2. The molecule has 28 heavy (non-hydrogen) atoms. The Morgan fingerprint density at radius 3 is 2.75 bits per heavy atom. The Bertz CT molecular complexity index is 799. The molecule has 1 N–H and O–H groups in total.